The van der Waals surface area contributed by atoms with Crippen molar-refractivity contribution in [1.82, 2.24) is 20.2 Å². The van der Waals surface area contributed by atoms with Gasteiger partial charge in [0.25, 0.3) is 5.91 Å². The van der Waals surface area contributed by atoms with Crippen molar-refractivity contribution in [1.29, 1.82) is 0 Å². The zero-order valence-corrected chi connectivity index (χ0v) is 12.7. The van der Waals surface area contributed by atoms with Crippen LogP contribution in [0.2, 0.25) is 0 Å². The third-order valence-electron chi connectivity index (χ3n) is 2.92. The molecule has 0 aliphatic heterocycles. The Labute approximate surface area is 133 Å². The fourth-order valence-corrected chi connectivity index (χ4v) is 2.30. The zero-order chi connectivity index (χ0) is 15.5. The number of amides is 1. The van der Waals surface area contributed by atoms with Crippen LogP contribution in [0.25, 0.3) is 5.69 Å². The van der Waals surface area contributed by atoms with Crippen LogP contribution in [0.5, 0.6) is 0 Å². The molecule has 0 saturated heterocycles. The van der Waals surface area contributed by atoms with E-state index in [1.165, 1.54) is 23.1 Å². The van der Waals surface area contributed by atoms with Gasteiger partial charge in [-0.15, -0.1) is 5.10 Å². The first-order chi connectivity index (χ1) is 10.6. The Morgan fingerprint density at radius 2 is 2.05 bits per heavy atom. The Bertz CT molecular complexity index is 822. The summed E-state index contributed by atoms with van der Waals surface area (Å²) in [6, 6.07) is 11.0. The summed E-state index contributed by atoms with van der Waals surface area (Å²) in [5, 5.41) is 13.5. The van der Waals surface area contributed by atoms with E-state index in [1.807, 2.05) is 6.07 Å². The van der Waals surface area contributed by atoms with E-state index >= 15 is 0 Å². The highest BCUT2D eigenvalue weighted by atomic mass is 79.9. The lowest BCUT2D eigenvalue weighted by Crippen LogP contribution is -2.16. The maximum Gasteiger partial charge on any atom is 0.257 e. The minimum atomic E-state index is -0.519. The topological polar surface area (TPSA) is 72.7 Å². The van der Waals surface area contributed by atoms with Crippen LogP contribution in [0.4, 0.5) is 10.1 Å². The maximum absolute atomic E-state index is 13.5. The van der Waals surface area contributed by atoms with Gasteiger partial charge in [0, 0.05) is 4.47 Å². The number of rotatable bonds is 3. The van der Waals surface area contributed by atoms with Gasteiger partial charge in [0.2, 0.25) is 0 Å². The SMILES string of the molecule is O=C(Nc1ccccc1Br)c1cc(F)ccc1-n1cnnn1. The number of para-hydroxylation sites is 1. The van der Waals surface area contributed by atoms with Gasteiger partial charge in [0.15, 0.2) is 0 Å². The molecule has 3 aromatic rings. The van der Waals surface area contributed by atoms with Gasteiger partial charge in [-0.25, -0.2) is 4.39 Å². The Morgan fingerprint density at radius 3 is 2.77 bits per heavy atom. The molecule has 0 bridgehead atoms. The molecule has 2 aromatic carbocycles. The highest BCUT2D eigenvalue weighted by molar-refractivity contribution is 9.10. The average molecular weight is 362 g/mol. The fourth-order valence-electron chi connectivity index (χ4n) is 1.91. The lowest BCUT2D eigenvalue weighted by atomic mass is 10.1. The van der Waals surface area contributed by atoms with Crippen LogP contribution in [0.15, 0.2) is 53.3 Å². The van der Waals surface area contributed by atoms with Crippen molar-refractivity contribution in [2.24, 2.45) is 0 Å². The van der Waals surface area contributed by atoms with E-state index in [0.29, 0.717) is 11.4 Å². The van der Waals surface area contributed by atoms with Crippen LogP contribution in [0, 0.1) is 5.82 Å². The quantitative estimate of drug-likeness (QED) is 0.778. The lowest BCUT2D eigenvalue weighted by Gasteiger charge is -2.10. The molecule has 1 heterocycles. The molecule has 1 aromatic heterocycles. The molecule has 0 spiro atoms. The van der Waals surface area contributed by atoms with Crippen molar-refractivity contribution in [3.05, 3.63) is 64.6 Å². The average Bonchev–Trinajstić information content (AvgIpc) is 3.03. The summed E-state index contributed by atoms with van der Waals surface area (Å²) in [6.07, 6.45) is 1.34. The van der Waals surface area contributed by atoms with Gasteiger partial charge in [-0.05, 0) is 56.7 Å². The Balaban J connectivity index is 1.99. The summed E-state index contributed by atoms with van der Waals surface area (Å²) in [5.74, 6) is -0.981. The van der Waals surface area contributed by atoms with Crippen LogP contribution in [-0.4, -0.2) is 26.1 Å². The largest absolute Gasteiger partial charge is 0.321 e. The number of benzene rings is 2. The summed E-state index contributed by atoms with van der Waals surface area (Å²) >= 11 is 3.34. The first kappa shape index (κ1) is 14.3. The van der Waals surface area contributed by atoms with Gasteiger partial charge in [-0.1, -0.05) is 12.1 Å². The molecule has 1 N–H and O–H groups in total. The Hall–Kier alpha value is -2.61. The van der Waals surface area contributed by atoms with Crippen molar-refractivity contribution in [3.8, 4) is 5.69 Å². The van der Waals surface area contributed by atoms with Crippen molar-refractivity contribution < 1.29 is 9.18 Å². The van der Waals surface area contributed by atoms with Gasteiger partial charge in [0.05, 0.1) is 16.9 Å². The first-order valence-electron chi connectivity index (χ1n) is 6.24. The van der Waals surface area contributed by atoms with Gasteiger partial charge in [-0.2, -0.15) is 4.68 Å². The number of aromatic nitrogens is 4. The van der Waals surface area contributed by atoms with Crippen LogP contribution < -0.4 is 5.32 Å². The number of halogens is 2. The molecular formula is C14H9BrFN5O. The molecule has 110 valence electrons. The summed E-state index contributed by atoms with van der Waals surface area (Å²) < 4.78 is 15.5. The Morgan fingerprint density at radius 1 is 1.23 bits per heavy atom. The van der Waals surface area contributed by atoms with Crippen molar-refractivity contribution in [2.75, 3.05) is 5.32 Å². The fraction of sp³-hybridized carbons (Fsp3) is 0. The van der Waals surface area contributed by atoms with E-state index in [1.54, 1.807) is 18.2 Å². The van der Waals surface area contributed by atoms with Gasteiger partial charge >= 0.3 is 0 Å². The number of hydrogen-bond donors (Lipinski definition) is 1. The number of tetrazole rings is 1. The van der Waals surface area contributed by atoms with Crippen molar-refractivity contribution >= 4 is 27.5 Å². The molecule has 0 unspecified atom stereocenters. The monoisotopic (exact) mass is 361 g/mol. The van der Waals surface area contributed by atoms with E-state index in [9.17, 15) is 9.18 Å². The number of carbonyl (C=O) groups excluding carboxylic acids is 1. The van der Waals surface area contributed by atoms with E-state index in [0.717, 1.165) is 10.5 Å². The summed E-state index contributed by atoms with van der Waals surface area (Å²) in [7, 11) is 0. The molecule has 8 heteroatoms. The first-order valence-corrected chi connectivity index (χ1v) is 7.03. The summed E-state index contributed by atoms with van der Waals surface area (Å²) in [4.78, 5) is 12.5. The van der Waals surface area contributed by atoms with Crippen LogP contribution >= 0.6 is 15.9 Å². The van der Waals surface area contributed by atoms with Crippen LogP contribution in [0.3, 0.4) is 0 Å². The van der Waals surface area contributed by atoms with Gasteiger partial charge in [-0.3, -0.25) is 4.79 Å². The van der Waals surface area contributed by atoms with Crippen LogP contribution in [0.1, 0.15) is 10.4 Å². The zero-order valence-electron chi connectivity index (χ0n) is 11.1. The third kappa shape index (κ3) is 2.86. The number of anilines is 1. The highest BCUT2D eigenvalue weighted by Crippen LogP contribution is 2.23. The van der Waals surface area contributed by atoms with Crippen molar-refractivity contribution in [3.63, 3.8) is 0 Å². The molecular weight excluding hydrogens is 353 g/mol. The molecule has 0 saturated carbocycles. The normalized spacial score (nSPS) is 10.5. The smallest absolute Gasteiger partial charge is 0.257 e. The van der Waals surface area contributed by atoms with E-state index in [4.69, 9.17) is 0 Å². The number of nitrogens with one attached hydrogen (secondary N) is 1. The third-order valence-corrected chi connectivity index (χ3v) is 3.61. The minimum absolute atomic E-state index is 0.128. The minimum Gasteiger partial charge on any atom is -0.321 e. The number of hydrogen-bond acceptors (Lipinski definition) is 4. The molecule has 0 atom stereocenters. The van der Waals surface area contributed by atoms with E-state index in [-0.39, 0.29) is 5.56 Å². The summed E-state index contributed by atoms with van der Waals surface area (Å²) in [6.45, 7) is 0. The second-order valence-electron chi connectivity index (χ2n) is 4.35. The standard InChI is InChI=1S/C14H9BrFN5O/c15-11-3-1-2-4-12(11)18-14(22)10-7-9(16)5-6-13(10)21-8-17-19-20-21/h1-8H,(H,18,22). The predicted molar refractivity (Wildman–Crippen MR) is 81.2 cm³/mol. The molecule has 3 rings (SSSR count). The lowest BCUT2D eigenvalue weighted by molar-refractivity contribution is 0.102. The molecule has 6 nitrogen and oxygen atoms in total. The highest BCUT2D eigenvalue weighted by Gasteiger charge is 2.16. The van der Waals surface area contributed by atoms with Crippen molar-refractivity contribution in [2.45, 2.75) is 0 Å². The second kappa shape index (κ2) is 6.02. The number of nitrogens with zero attached hydrogens (tertiary/aromatic N) is 4. The summed E-state index contributed by atoms with van der Waals surface area (Å²) in [5.41, 5.74) is 1.10. The van der Waals surface area contributed by atoms with Crippen LogP contribution in [-0.2, 0) is 0 Å². The molecule has 0 fully saturated rings. The van der Waals surface area contributed by atoms with E-state index < -0.39 is 11.7 Å². The maximum atomic E-state index is 13.5. The molecule has 0 aliphatic carbocycles. The molecule has 1 amide bonds. The van der Waals surface area contributed by atoms with Gasteiger partial charge < -0.3 is 5.32 Å². The molecule has 22 heavy (non-hydrogen) atoms. The van der Waals surface area contributed by atoms with Gasteiger partial charge in [0.1, 0.15) is 12.1 Å². The Kier molecular flexibility index (Phi) is 3.92. The number of carbonyl (C=O) groups is 1. The molecule has 0 aliphatic rings. The predicted octanol–water partition coefficient (Wildman–Crippen LogP) is 2.82. The molecule has 0 radical (unpaired) electrons. The van der Waals surface area contributed by atoms with E-state index in [2.05, 4.69) is 36.8 Å². The second-order valence-corrected chi connectivity index (χ2v) is 5.20.